The summed E-state index contributed by atoms with van der Waals surface area (Å²) in [5, 5.41) is 5.78. The van der Waals surface area contributed by atoms with Crippen molar-refractivity contribution in [1.29, 1.82) is 0 Å². The highest BCUT2D eigenvalue weighted by Gasteiger charge is 2.03. The Bertz CT molecular complexity index is 599. The Morgan fingerprint density at radius 2 is 1.90 bits per heavy atom. The molecule has 2 aromatic rings. The summed E-state index contributed by atoms with van der Waals surface area (Å²) >= 11 is 0. The van der Waals surface area contributed by atoms with E-state index in [4.69, 9.17) is 4.74 Å². The Morgan fingerprint density at radius 3 is 2.57 bits per heavy atom. The number of carbonyl (C=O) groups is 1. The van der Waals surface area contributed by atoms with Gasteiger partial charge in [-0.15, -0.1) is 0 Å². The highest BCUT2D eigenvalue weighted by atomic mass is 19.1. The maximum absolute atomic E-state index is 13.0. The molecule has 0 atom stereocenters. The lowest BCUT2D eigenvalue weighted by Gasteiger charge is -2.08. The third kappa shape index (κ3) is 4.80. The Balaban J connectivity index is 1.76. The third-order valence-electron chi connectivity index (χ3n) is 2.88. The Labute approximate surface area is 122 Å². The van der Waals surface area contributed by atoms with E-state index in [0.29, 0.717) is 24.3 Å². The van der Waals surface area contributed by atoms with E-state index >= 15 is 0 Å². The predicted octanol–water partition coefficient (Wildman–Crippen LogP) is 3.28. The minimum atomic E-state index is -0.303. The Hall–Kier alpha value is -2.56. The van der Waals surface area contributed by atoms with E-state index in [1.165, 1.54) is 12.1 Å². The molecule has 4 nitrogen and oxygen atoms in total. The fraction of sp³-hybridized carbons (Fsp3) is 0.188. The first-order chi connectivity index (χ1) is 10.2. The second kappa shape index (κ2) is 7.28. The highest BCUT2D eigenvalue weighted by molar-refractivity contribution is 5.91. The van der Waals surface area contributed by atoms with Crippen LogP contribution in [0.15, 0.2) is 48.5 Å². The van der Waals surface area contributed by atoms with Crippen LogP contribution in [-0.2, 0) is 4.79 Å². The van der Waals surface area contributed by atoms with E-state index in [0.717, 1.165) is 5.75 Å². The van der Waals surface area contributed by atoms with Crippen molar-refractivity contribution in [2.24, 2.45) is 0 Å². The van der Waals surface area contributed by atoms with Crippen LogP contribution in [0, 0.1) is 5.82 Å². The lowest BCUT2D eigenvalue weighted by molar-refractivity contribution is -0.115. The van der Waals surface area contributed by atoms with Crippen LogP contribution in [0.3, 0.4) is 0 Å². The molecule has 21 heavy (non-hydrogen) atoms. The van der Waals surface area contributed by atoms with Gasteiger partial charge in [-0.2, -0.15) is 0 Å². The summed E-state index contributed by atoms with van der Waals surface area (Å²) in [7, 11) is 1.59. The lowest BCUT2D eigenvalue weighted by atomic mass is 10.2. The Kier molecular flexibility index (Phi) is 5.15. The van der Waals surface area contributed by atoms with Gasteiger partial charge in [-0.3, -0.25) is 4.79 Å². The van der Waals surface area contributed by atoms with Gasteiger partial charge in [0.2, 0.25) is 5.91 Å². The molecule has 0 radical (unpaired) electrons. The molecule has 0 bridgehead atoms. The van der Waals surface area contributed by atoms with Gasteiger partial charge < -0.3 is 15.4 Å². The minimum absolute atomic E-state index is 0.107. The molecule has 0 aliphatic rings. The number of rotatable bonds is 6. The zero-order valence-corrected chi connectivity index (χ0v) is 11.7. The van der Waals surface area contributed by atoms with Crippen LogP contribution >= 0.6 is 0 Å². The van der Waals surface area contributed by atoms with Crippen LogP contribution in [0.4, 0.5) is 15.8 Å². The quantitative estimate of drug-likeness (QED) is 0.857. The predicted molar refractivity (Wildman–Crippen MR) is 81.1 cm³/mol. The van der Waals surface area contributed by atoms with Crippen LogP contribution in [0.1, 0.15) is 6.42 Å². The maximum Gasteiger partial charge on any atom is 0.226 e. The van der Waals surface area contributed by atoms with Crippen LogP contribution in [0.2, 0.25) is 0 Å². The SMILES string of the molecule is COc1ccc(NC(=O)CCNc2cccc(F)c2)cc1. The molecule has 2 rings (SSSR count). The number of hydrogen-bond acceptors (Lipinski definition) is 3. The van der Waals surface area contributed by atoms with Crippen LogP contribution in [0.5, 0.6) is 5.75 Å². The highest BCUT2D eigenvalue weighted by Crippen LogP contribution is 2.15. The molecular weight excluding hydrogens is 271 g/mol. The number of carbonyl (C=O) groups excluding carboxylic acids is 1. The molecule has 0 aromatic heterocycles. The topological polar surface area (TPSA) is 50.4 Å². The average molecular weight is 288 g/mol. The second-order valence-electron chi connectivity index (χ2n) is 4.46. The average Bonchev–Trinajstić information content (AvgIpc) is 2.48. The van der Waals surface area contributed by atoms with Crippen LogP contribution in [0.25, 0.3) is 0 Å². The molecule has 1 amide bonds. The minimum Gasteiger partial charge on any atom is -0.497 e. The molecule has 0 fully saturated rings. The van der Waals surface area contributed by atoms with Gasteiger partial charge >= 0.3 is 0 Å². The van der Waals surface area contributed by atoms with Gasteiger partial charge in [0.05, 0.1) is 7.11 Å². The van der Waals surface area contributed by atoms with Gasteiger partial charge in [0.15, 0.2) is 0 Å². The summed E-state index contributed by atoms with van der Waals surface area (Å²) in [4.78, 5) is 11.8. The second-order valence-corrected chi connectivity index (χ2v) is 4.46. The first-order valence-corrected chi connectivity index (χ1v) is 6.61. The number of hydrogen-bond donors (Lipinski definition) is 2. The van der Waals surface area contributed by atoms with Crippen molar-refractivity contribution in [2.45, 2.75) is 6.42 Å². The van der Waals surface area contributed by atoms with E-state index < -0.39 is 0 Å². The summed E-state index contributed by atoms with van der Waals surface area (Å²) in [6.07, 6.45) is 0.294. The number of halogens is 1. The van der Waals surface area contributed by atoms with Crippen LogP contribution < -0.4 is 15.4 Å². The number of benzene rings is 2. The van der Waals surface area contributed by atoms with E-state index in [2.05, 4.69) is 10.6 Å². The normalized spacial score (nSPS) is 10.0. The molecule has 5 heteroatoms. The van der Waals surface area contributed by atoms with Gasteiger partial charge in [-0.05, 0) is 42.5 Å². The zero-order valence-electron chi connectivity index (χ0n) is 11.7. The number of nitrogens with one attached hydrogen (secondary N) is 2. The molecule has 110 valence electrons. The number of anilines is 2. The summed E-state index contributed by atoms with van der Waals surface area (Å²) in [5.41, 5.74) is 1.37. The molecule has 0 saturated carbocycles. The van der Waals surface area contributed by atoms with Crippen molar-refractivity contribution in [3.05, 3.63) is 54.3 Å². The van der Waals surface area contributed by atoms with E-state index in [-0.39, 0.29) is 11.7 Å². The van der Waals surface area contributed by atoms with E-state index in [1.54, 1.807) is 43.5 Å². The maximum atomic E-state index is 13.0. The van der Waals surface area contributed by atoms with E-state index in [1.807, 2.05) is 0 Å². The number of ether oxygens (including phenoxy) is 1. The third-order valence-corrected chi connectivity index (χ3v) is 2.88. The van der Waals surface area contributed by atoms with Crippen molar-refractivity contribution in [1.82, 2.24) is 0 Å². The van der Waals surface area contributed by atoms with E-state index in [9.17, 15) is 9.18 Å². The molecule has 0 spiro atoms. The number of methoxy groups -OCH3 is 1. The first kappa shape index (κ1) is 14.8. The smallest absolute Gasteiger partial charge is 0.226 e. The fourth-order valence-electron chi connectivity index (χ4n) is 1.82. The van der Waals surface area contributed by atoms with Crippen LogP contribution in [-0.4, -0.2) is 19.6 Å². The zero-order chi connectivity index (χ0) is 15.1. The molecule has 0 heterocycles. The number of amides is 1. The molecule has 0 aliphatic heterocycles. The van der Waals surface area contributed by atoms with Crippen molar-refractivity contribution in [3.63, 3.8) is 0 Å². The standard InChI is InChI=1S/C16H17FN2O2/c1-21-15-7-5-13(6-8-15)19-16(20)9-10-18-14-4-2-3-12(17)11-14/h2-8,11,18H,9-10H2,1H3,(H,19,20). The van der Waals surface area contributed by atoms with Crippen molar-refractivity contribution >= 4 is 17.3 Å². The molecule has 2 N–H and O–H groups in total. The van der Waals surface area contributed by atoms with Gasteiger partial charge in [0, 0.05) is 24.3 Å². The largest absolute Gasteiger partial charge is 0.497 e. The fourth-order valence-corrected chi connectivity index (χ4v) is 1.82. The lowest BCUT2D eigenvalue weighted by Crippen LogP contribution is -2.16. The van der Waals surface area contributed by atoms with Gasteiger partial charge in [-0.1, -0.05) is 6.07 Å². The summed E-state index contributed by atoms with van der Waals surface area (Å²) in [5.74, 6) is 0.326. The molecule has 0 unspecified atom stereocenters. The summed E-state index contributed by atoms with van der Waals surface area (Å²) in [6, 6.07) is 13.2. The van der Waals surface area contributed by atoms with Crippen molar-refractivity contribution in [2.75, 3.05) is 24.3 Å². The van der Waals surface area contributed by atoms with Gasteiger partial charge in [0.25, 0.3) is 0 Å². The molecule has 0 saturated heterocycles. The monoisotopic (exact) mass is 288 g/mol. The molecule has 2 aromatic carbocycles. The van der Waals surface area contributed by atoms with Gasteiger partial charge in [0.1, 0.15) is 11.6 Å². The molecular formula is C16H17FN2O2. The summed E-state index contributed by atoms with van der Waals surface area (Å²) in [6.45, 7) is 0.436. The molecule has 0 aliphatic carbocycles. The van der Waals surface area contributed by atoms with Gasteiger partial charge in [-0.25, -0.2) is 4.39 Å². The van der Waals surface area contributed by atoms with Crippen molar-refractivity contribution < 1.29 is 13.9 Å². The summed E-state index contributed by atoms with van der Waals surface area (Å²) < 4.78 is 18.0. The van der Waals surface area contributed by atoms with Crippen molar-refractivity contribution in [3.8, 4) is 5.75 Å². The Morgan fingerprint density at radius 1 is 1.14 bits per heavy atom. The first-order valence-electron chi connectivity index (χ1n) is 6.61.